The van der Waals surface area contributed by atoms with E-state index in [1.54, 1.807) is 0 Å². The van der Waals surface area contributed by atoms with Crippen LogP contribution in [-0.2, 0) is 6.42 Å². The van der Waals surface area contributed by atoms with Crippen LogP contribution in [0.5, 0.6) is 5.75 Å². The summed E-state index contributed by atoms with van der Waals surface area (Å²) in [5.74, 6) is 1.04. The number of nitrogens with zero attached hydrogens (tertiary/aromatic N) is 1. The van der Waals surface area contributed by atoms with E-state index in [-0.39, 0.29) is 0 Å². The molecule has 0 amide bonds. The van der Waals surface area contributed by atoms with Crippen molar-refractivity contribution < 1.29 is 4.74 Å². The van der Waals surface area contributed by atoms with Gasteiger partial charge in [-0.2, -0.15) is 0 Å². The highest BCUT2D eigenvalue weighted by Gasteiger charge is 2.11. The Balaban J connectivity index is 2.25. The van der Waals surface area contributed by atoms with Gasteiger partial charge in [0.25, 0.3) is 0 Å². The lowest BCUT2D eigenvalue weighted by atomic mass is 10.0. The Hall–Kier alpha value is -1.44. The third-order valence-electron chi connectivity index (χ3n) is 2.51. The standard InChI is InChI=1S/C13H17NO/c1-14(2)10-11-7-8-15-13-6-4-3-5-12(13)9-11/h3-6,10H,7-9H2,1-2H3/b11-10+. The molecule has 1 aromatic rings. The van der Waals surface area contributed by atoms with Gasteiger partial charge in [0.05, 0.1) is 6.61 Å². The maximum atomic E-state index is 5.70. The van der Waals surface area contributed by atoms with E-state index in [1.807, 2.05) is 12.1 Å². The minimum absolute atomic E-state index is 0.788. The van der Waals surface area contributed by atoms with Crippen molar-refractivity contribution in [3.63, 3.8) is 0 Å². The number of rotatable bonds is 1. The third kappa shape index (κ3) is 2.52. The lowest BCUT2D eigenvalue weighted by Crippen LogP contribution is -2.04. The van der Waals surface area contributed by atoms with Crippen molar-refractivity contribution in [3.8, 4) is 5.75 Å². The van der Waals surface area contributed by atoms with Crippen LogP contribution < -0.4 is 4.74 Å². The Morgan fingerprint density at radius 1 is 1.27 bits per heavy atom. The molecule has 2 heteroatoms. The second-order valence-electron chi connectivity index (χ2n) is 4.13. The van der Waals surface area contributed by atoms with Gasteiger partial charge in [0, 0.05) is 20.5 Å². The summed E-state index contributed by atoms with van der Waals surface area (Å²) in [5.41, 5.74) is 2.73. The largest absolute Gasteiger partial charge is 0.493 e. The number of fused-ring (bicyclic) bond motifs is 1. The zero-order valence-corrected chi connectivity index (χ0v) is 9.36. The van der Waals surface area contributed by atoms with E-state index < -0.39 is 0 Å². The second kappa shape index (κ2) is 4.39. The molecule has 1 aliphatic heterocycles. The Kier molecular flexibility index (Phi) is 2.95. The average molecular weight is 203 g/mol. The molecule has 0 bridgehead atoms. The Morgan fingerprint density at radius 2 is 2.07 bits per heavy atom. The van der Waals surface area contributed by atoms with E-state index in [0.29, 0.717) is 0 Å². The first-order valence-electron chi connectivity index (χ1n) is 5.32. The van der Waals surface area contributed by atoms with Crippen LogP contribution in [0.3, 0.4) is 0 Å². The van der Waals surface area contributed by atoms with Crippen molar-refractivity contribution in [1.82, 2.24) is 4.90 Å². The summed E-state index contributed by atoms with van der Waals surface area (Å²) in [6.45, 7) is 0.788. The highest BCUT2D eigenvalue weighted by atomic mass is 16.5. The first-order valence-corrected chi connectivity index (χ1v) is 5.32. The van der Waals surface area contributed by atoms with Crippen LogP contribution in [0.1, 0.15) is 12.0 Å². The normalized spacial score (nSPS) is 17.9. The molecule has 0 atom stereocenters. The molecule has 1 aliphatic rings. The molecule has 0 spiro atoms. The summed E-state index contributed by atoms with van der Waals surface area (Å²) >= 11 is 0. The van der Waals surface area contributed by atoms with E-state index in [9.17, 15) is 0 Å². The van der Waals surface area contributed by atoms with Gasteiger partial charge in [-0.05, 0) is 29.8 Å². The van der Waals surface area contributed by atoms with Crippen molar-refractivity contribution in [2.75, 3.05) is 20.7 Å². The fourth-order valence-corrected chi connectivity index (χ4v) is 1.89. The first kappa shape index (κ1) is 10.1. The van der Waals surface area contributed by atoms with Gasteiger partial charge in [-0.1, -0.05) is 18.2 Å². The number of ether oxygens (including phenoxy) is 1. The number of hydrogen-bond acceptors (Lipinski definition) is 2. The molecule has 1 aromatic carbocycles. The van der Waals surface area contributed by atoms with Crippen molar-refractivity contribution in [1.29, 1.82) is 0 Å². The van der Waals surface area contributed by atoms with Crippen LogP contribution >= 0.6 is 0 Å². The quantitative estimate of drug-likeness (QED) is 0.695. The van der Waals surface area contributed by atoms with E-state index in [0.717, 1.165) is 25.2 Å². The van der Waals surface area contributed by atoms with Crippen LogP contribution in [0.4, 0.5) is 0 Å². The van der Waals surface area contributed by atoms with E-state index in [4.69, 9.17) is 4.74 Å². The van der Waals surface area contributed by atoms with Gasteiger partial charge in [0.15, 0.2) is 0 Å². The summed E-state index contributed by atoms with van der Waals surface area (Å²) in [7, 11) is 4.12. The van der Waals surface area contributed by atoms with E-state index in [2.05, 4.69) is 37.3 Å². The van der Waals surface area contributed by atoms with Crippen molar-refractivity contribution in [2.24, 2.45) is 0 Å². The van der Waals surface area contributed by atoms with Crippen LogP contribution in [-0.4, -0.2) is 25.6 Å². The van der Waals surface area contributed by atoms with Gasteiger partial charge in [-0.3, -0.25) is 0 Å². The molecule has 2 rings (SSSR count). The predicted octanol–water partition coefficient (Wildman–Crippen LogP) is 2.46. The van der Waals surface area contributed by atoms with Crippen molar-refractivity contribution in [2.45, 2.75) is 12.8 Å². The zero-order valence-electron chi connectivity index (χ0n) is 9.36. The Labute approximate surface area is 91.2 Å². The predicted molar refractivity (Wildman–Crippen MR) is 62.0 cm³/mol. The molecule has 0 saturated heterocycles. The van der Waals surface area contributed by atoms with Crippen LogP contribution in [0.2, 0.25) is 0 Å². The smallest absolute Gasteiger partial charge is 0.122 e. The topological polar surface area (TPSA) is 12.5 Å². The molecule has 0 N–H and O–H groups in total. The van der Waals surface area contributed by atoms with Gasteiger partial charge >= 0.3 is 0 Å². The first-order chi connectivity index (χ1) is 7.25. The molecule has 80 valence electrons. The van der Waals surface area contributed by atoms with Crippen molar-refractivity contribution in [3.05, 3.63) is 41.6 Å². The monoisotopic (exact) mass is 203 g/mol. The molecule has 15 heavy (non-hydrogen) atoms. The van der Waals surface area contributed by atoms with E-state index in [1.165, 1.54) is 11.1 Å². The fraction of sp³-hybridized carbons (Fsp3) is 0.385. The molecule has 0 radical (unpaired) electrons. The molecule has 2 nitrogen and oxygen atoms in total. The summed E-state index contributed by atoms with van der Waals surface area (Å²) in [5, 5.41) is 0. The van der Waals surface area contributed by atoms with Crippen LogP contribution in [0.25, 0.3) is 0 Å². The number of para-hydroxylation sites is 1. The Morgan fingerprint density at radius 3 is 2.87 bits per heavy atom. The number of benzene rings is 1. The summed E-state index contributed by atoms with van der Waals surface area (Å²) in [6, 6.07) is 8.29. The molecule has 0 aromatic heterocycles. The lowest BCUT2D eigenvalue weighted by Gasteiger charge is -2.09. The highest BCUT2D eigenvalue weighted by molar-refractivity contribution is 5.37. The maximum absolute atomic E-state index is 5.70. The van der Waals surface area contributed by atoms with Crippen molar-refractivity contribution >= 4 is 0 Å². The lowest BCUT2D eigenvalue weighted by molar-refractivity contribution is 0.325. The number of hydrogen-bond donors (Lipinski definition) is 0. The molecule has 0 fully saturated rings. The Bertz CT molecular complexity index is 369. The molecular formula is C13H17NO. The summed E-state index contributed by atoms with van der Waals surface area (Å²) in [6.07, 6.45) is 4.23. The summed E-state index contributed by atoms with van der Waals surface area (Å²) < 4.78 is 5.70. The minimum atomic E-state index is 0.788. The van der Waals surface area contributed by atoms with Gasteiger partial charge in [-0.25, -0.2) is 0 Å². The molecular weight excluding hydrogens is 186 g/mol. The van der Waals surface area contributed by atoms with Crippen LogP contribution in [0, 0.1) is 0 Å². The summed E-state index contributed by atoms with van der Waals surface area (Å²) in [4.78, 5) is 2.10. The zero-order chi connectivity index (χ0) is 10.7. The van der Waals surface area contributed by atoms with Gasteiger partial charge in [-0.15, -0.1) is 0 Å². The maximum Gasteiger partial charge on any atom is 0.122 e. The van der Waals surface area contributed by atoms with Gasteiger partial charge in [0.2, 0.25) is 0 Å². The van der Waals surface area contributed by atoms with Crippen LogP contribution in [0.15, 0.2) is 36.0 Å². The second-order valence-corrected chi connectivity index (χ2v) is 4.13. The van der Waals surface area contributed by atoms with E-state index >= 15 is 0 Å². The third-order valence-corrected chi connectivity index (χ3v) is 2.51. The molecule has 0 unspecified atom stereocenters. The molecule has 0 saturated carbocycles. The van der Waals surface area contributed by atoms with Gasteiger partial charge < -0.3 is 9.64 Å². The highest BCUT2D eigenvalue weighted by Crippen LogP contribution is 2.25. The average Bonchev–Trinajstić information content (AvgIpc) is 2.38. The molecule has 1 heterocycles. The molecule has 0 aliphatic carbocycles. The SMILES string of the molecule is CN(C)/C=C1\CCOc2ccccc2C1. The van der Waals surface area contributed by atoms with Gasteiger partial charge in [0.1, 0.15) is 5.75 Å². The fourth-order valence-electron chi connectivity index (χ4n) is 1.89. The minimum Gasteiger partial charge on any atom is -0.493 e.